The summed E-state index contributed by atoms with van der Waals surface area (Å²) in [6.45, 7) is 2.77. The Hall–Kier alpha value is -5.20. The van der Waals surface area contributed by atoms with Crippen molar-refractivity contribution in [1.82, 2.24) is 4.57 Å². The van der Waals surface area contributed by atoms with Crippen molar-refractivity contribution in [2.45, 2.75) is 24.8 Å². The average Bonchev–Trinajstić information content (AvgIpc) is 3.52. The maximum absolute atomic E-state index is 14.7. The monoisotopic (exact) mass is 740 g/mol. The molecule has 0 saturated heterocycles. The summed E-state index contributed by atoms with van der Waals surface area (Å²) < 4.78 is 22.9. The Balaban J connectivity index is 1.28. The normalized spacial score (nSPS) is 11.9. The average molecular weight is 741 g/mol. The molecule has 52 heavy (non-hydrogen) atoms. The number of aromatic nitrogens is 1. The molecule has 0 aliphatic heterocycles. The van der Waals surface area contributed by atoms with Crippen molar-refractivity contribution in [3.63, 3.8) is 0 Å². The summed E-state index contributed by atoms with van der Waals surface area (Å²) in [7, 11) is -3.71. The Bertz CT molecular complexity index is 2420. The molecular formula is C43H34ClN2O4PS. The van der Waals surface area contributed by atoms with Crippen molar-refractivity contribution in [2.24, 2.45) is 5.16 Å². The highest BCUT2D eigenvalue weighted by atomic mass is 35.5. The third-order valence-electron chi connectivity index (χ3n) is 8.88. The van der Waals surface area contributed by atoms with Crippen molar-refractivity contribution < 1.29 is 18.8 Å². The molecule has 7 aromatic rings. The number of carbonyl (C=O) groups excluding carboxylic acids is 2. The fourth-order valence-electron chi connectivity index (χ4n) is 6.25. The van der Waals surface area contributed by atoms with Crippen molar-refractivity contribution in [2.75, 3.05) is 5.75 Å². The predicted molar refractivity (Wildman–Crippen MR) is 214 cm³/mol. The van der Waals surface area contributed by atoms with E-state index in [0.29, 0.717) is 44.6 Å². The number of ketones is 2. The lowest BCUT2D eigenvalue weighted by atomic mass is 9.99. The van der Waals surface area contributed by atoms with E-state index in [9.17, 15) is 14.2 Å². The molecule has 7 rings (SSSR count). The largest absolute Gasteiger partial charge is 0.341 e. The van der Waals surface area contributed by atoms with Crippen LogP contribution in [0, 0.1) is 0 Å². The van der Waals surface area contributed by atoms with E-state index in [4.69, 9.17) is 16.2 Å². The number of Topliss-reactive ketones (excluding diaryl/α,β-unsaturated/α-hetero) is 1. The predicted octanol–water partition coefficient (Wildman–Crippen LogP) is 10.4. The second kappa shape index (κ2) is 15.6. The molecule has 0 unspecified atom stereocenters. The number of hydrogen-bond donors (Lipinski definition) is 0. The van der Waals surface area contributed by atoms with Gasteiger partial charge in [0.25, 0.3) is 0 Å². The van der Waals surface area contributed by atoms with Gasteiger partial charge in [-0.2, -0.15) is 0 Å². The summed E-state index contributed by atoms with van der Waals surface area (Å²) in [4.78, 5) is 28.9. The molecule has 0 saturated carbocycles. The van der Waals surface area contributed by atoms with Crippen LogP contribution >= 0.6 is 30.7 Å². The smallest absolute Gasteiger partial charge is 0.330 e. The minimum atomic E-state index is -3.71. The van der Waals surface area contributed by atoms with Gasteiger partial charge in [-0.05, 0) is 91.9 Å². The van der Waals surface area contributed by atoms with Gasteiger partial charge in [-0.15, -0.1) is 11.8 Å². The lowest BCUT2D eigenvalue weighted by molar-refractivity contribution is 0.103. The lowest BCUT2D eigenvalue weighted by Crippen LogP contribution is -2.20. The first-order valence-electron chi connectivity index (χ1n) is 16.9. The molecule has 258 valence electrons. The van der Waals surface area contributed by atoms with Crippen LogP contribution in [0.2, 0.25) is 5.02 Å². The van der Waals surface area contributed by atoms with E-state index in [1.807, 2.05) is 84.9 Å². The SMILES string of the molecule is CCn1c2ccc(C(=O)/C(CCSc3ccc(Cl)cc3)=N/OP(=O)(c3ccccc3)c3ccccc3)cc2c2cc(C(=O)c3ccccc3)ccc21. The Labute approximate surface area is 311 Å². The summed E-state index contributed by atoms with van der Waals surface area (Å²) in [5.41, 5.74) is 3.65. The molecule has 1 aromatic heterocycles. The van der Waals surface area contributed by atoms with Crippen LogP contribution < -0.4 is 10.6 Å². The zero-order valence-electron chi connectivity index (χ0n) is 28.3. The summed E-state index contributed by atoms with van der Waals surface area (Å²) in [5.74, 6) is 0.108. The summed E-state index contributed by atoms with van der Waals surface area (Å²) in [5, 5.41) is 7.74. The van der Waals surface area contributed by atoms with Crippen LogP contribution in [0.3, 0.4) is 0 Å². The molecule has 0 aliphatic carbocycles. The van der Waals surface area contributed by atoms with Crippen molar-refractivity contribution in [3.05, 3.63) is 173 Å². The standard InChI is InChI=1S/C43H34ClN2O4PS/c1-2-46-40-24-18-31(42(47)30-12-6-3-7-13-30)28-37(40)38-29-32(19-25-41(38)46)43(48)39(26-27-52-36-22-20-33(44)21-23-36)45-50-51(49,34-14-8-4-9-15-34)35-16-10-5-11-17-35/h3-25,28-29H,2,26-27H2,1H3/b45-39+. The highest BCUT2D eigenvalue weighted by Gasteiger charge is 2.31. The van der Waals surface area contributed by atoms with E-state index in [0.717, 1.165) is 26.7 Å². The zero-order valence-corrected chi connectivity index (χ0v) is 30.8. The van der Waals surface area contributed by atoms with Crippen LogP contribution in [0.5, 0.6) is 0 Å². The number of halogens is 1. The molecular weight excluding hydrogens is 707 g/mol. The van der Waals surface area contributed by atoms with Gasteiger partial charge in [0, 0.05) is 67.1 Å². The maximum atomic E-state index is 14.7. The molecule has 0 bridgehead atoms. The van der Waals surface area contributed by atoms with Gasteiger partial charge in [0.15, 0.2) is 5.78 Å². The van der Waals surface area contributed by atoms with E-state index >= 15 is 0 Å². The fourth-order valence-corrected chi connectivity index (χ4v) is 9.06. The molecule has 6 aromatic carbocycles. The van der Waals surface area contributed by atoms with Gasteiger partial charge in [0.05, 0.1) is 10.6 Å². The number of carbonyl (C=O) groups is 2. The van der Waals surface area contributed by atoms with Crippen LogP contribution in [0.1, 0.15) is 39.6 Å². The van der Waals surface area contributed by atoms with Crippen LogP contribution in [-0.2, 0) is 15.7 Å². The molecule has 0 spiro atoms. The van der Waals surface area contributed by atoms with E-state index in [-0.39, 0.29) is 23.7 Å². The van der Waals surface area contributed by atoms with E-state index < -0.39 is 7.37 Å². The Morgan fingerprint density at radius 3 is 1.81 bits per heavy atom. The van der Waals surface area contributed by atoms with Crippen LogP contribution in [-0.4, -0.2) is 27.6 Å². The maximum Gasteiger partial charge on any atom is 0.330 e. The second-order valence-electron chi connectivity index (χ2n) is 12.1. The first kappa shape index (κ1) is 35.2. The van der Waals surface area contributed by atoms with Gasteiger partial charge < -0.3 is 9.19 Å². The molecule has 6 nitrogen and oxygen atoms in total. The number of benzene rings is 6. The number of fused-ring (bicyclic) bond motifs is 3. The number of oxime groups is 1. The number of nitrogens with zero attached hydrogens (tertiary/aromatic N) is 2. The summed E-state index contributed by atoms with van der Waals surface area (Å²) in [6.07, 6.45) is 0.250. The number of hydrogen-bond acceptors (Lipinski definition) is 6. The Morgan fingerprint density at radius 1 is 0.692 bits per heavy atom. The number of aryl methyl sites for hydroxylation is 1. The van der Waals surface area contributed by atoms with Crippen LogP contribution in [0.4, 0.5) is 0 Å². The van der Waals surface area contributed by atoms with Gasteiger partial charge in [-0.3, -0.25) is 14.2 Å². The third-order valence-corrected chi connectivity index (χ3v) is 12.4. The number of rotatable bonds is 13. The Morgan fingerprint density at radius 2 is 1.23 bits per heavy atom. The first-order valence-corrected chi connectivity index (χ1v) is 19.9. The third kappa shape index (κ3) is 7.26. The highest BCUT2D eigenvalue weighted by molar-refractivity contribution is 7.99. The summed E-state index contributed by atoms with van der Waals surface area (Å²) >= 11 is 7.65. The minimum Gasteiger partial charge on any atom is -0.341 e. The molecule has 0 fully saturated rings. The molecule has 0 amide bonds. The second-order valence-corrected chi connectivity index (χ2v) is 16.0. The first-order chi connectivity index (χ1) is 25.4. The molecule has 0 radical (unpaired) electrons. The van der Waals surface area contributed by atoms with Crippen molar-refractivity contribution in [3.8, 4) is 0 Å². The van der Waals surface area contributed by atoms with Crippen molar-refractivity contribution in [1.29, 1.82) is 0 Å². The van der Waals surface area contributed by atoms with Gasteiger partial charge in [0.2, 0.25) is 5.78 Å². The fraction of sp³-hybridized carbons (Fsp3) is 0.0930. The van der Waals surface area contributed by atoms with Gasteiger partial charge >= 0.3 is 7.37 Å². The topological polar surface area (TPSA) is 77.7 Å². The van der Waals surface area contributed by atoms with E-state index in [2.05, 4.69) is 16.6 Å². The van der Waals surface area contributed by atoms with E-state index in [1.54, 1.807) is 78.5 Å². The van der Waals surface area contributed by atoms with Crippen LogP contribution in [0.25, 0.3) is 21.8 Å². The molecule has 0 aliphatic rings. The van der Waals surface area contributed by atoms with Crippen LogP contribution in [0.15, 0.2) is 162 Å². The minimum absolute atomic E-state index is 0.0712. The van der Waals surface area contributed by atoms with Gasteiger partial charge in [0.1, 0.15) is 5.71 Å². The highest BCUT2D eigenvalue weighted by Crippen LogP contribution is 2.45. The quantitative estimate of drug-likeness (QED) is 0.0387. The zero-order chi connectivity index (χ0) is 36.1. The van der Waals surface area contributed by atoms with Gasteiger partial charge in [-0.1, -0.05) is 83.5 Å². The molecule has 0 N–H and O–H groups in total. The summed E-state index contributed by atoms with van der Waals surface area (Å²) in [6, 6.07) is 45.9. The van der Waals surface area contributed by atoms with E-state index in [1.165, 1.54) is 0 Å². The molecule has 9 heteroatoms. The molecule has 1 heterocycles. The van der Waals surface area contributed by atoms with Crippen molar-refractivity contribution >= 4 is 80.4 Å². The lowest BCUT2D eigenvalue weighted by Gasteiger charge is -2.17. The van der Waals surface area contributed by atoms with Gasteiger partial charge in [-0.25, -0.2) is 0 Å². The Kier molecular flexibility index (Phi) is 10.6. The molecule has 0 atom stereocenters. The number of thioether (sulfide) groups is 1.